The summed E-state index contributed by atoms with van der Waals surface area (Å²) in [6.07, 6.45) is 3.97. The number of carbonyl (C=O) groups excluding carboxylic acids is 1. The molecule has 178 valence electrons. The molecule has 2 N–H and O–H groups in total. The number of rotatable bonds is 6. The van der Waals surface area contributed by atoms with E-state index in [0.717, 1.165) is 79.4 Å². The molecule has 4 aromatic rings. The van der Waals surface area contributed by atoms with E-state index in [0.29, 0.717) is 17.8 Å². The first-order valence-electron chi connectivity index (χ1n) is 12.3. The highest BCUT2D eigenvalue weighted by atomic mass is 16.2. The van der Waals surface area contributed by atoms with Gasteiger partial charge in [-0.15, -0.1) is 0 Å². The van der Waals surface area contributed by atoms with E-state index in [4.69, 9.17) is 0 Å². The molecule has 0 bridgehead atoms. The van der Waals surface area contributed by atoms with E-state index in [2.05, 4.69) is 42.3 Å². The molecule has 1 aromatic carbocycles. The zero-order valence-electron chi connectivity index (χ0n) is 19.9. The normalized spacial score (nSPS) is 16.5. The monoisotopic (exact) mass is 467 g/mol. The standard InChI is InChI=1S/C27H29N7O/c1-18-3-2-4-22(29-18)21-7-8-23-24(16-21)31-27(30-23)32-25-15-19(9-10-28-25)17-33-11-13-34(14-12-33)26(35)20-5-6-20/h2-4,7-10,15-16,20H,5-6,11-14,17H2,1H3,(H2,28,30,31,32). The third kappa shape index (κ3) is 4.88. The number of pyridine rings is 2. The fourth-order valence-corrected chi connectivity index (χ4v) is 4.67. The lowest BCUT2D eigenvalue weighted by Crippen LogP contribution is -2.48. The van der Waals surface area contributed by atoms with Crippen LogP contribution in [0.2, 0.25) is 0 Å². The molecule has 1 saturated heterocycles. The molecule has 1 amide bonds. The Morgan fingerprint density at radius 3 is 2.71 bits per heavy atom. The molecule has 2 fully saturated rings. The molecule has 35 heavy (non-hydrogen) atoms. The summed E-state index contributed by atoms with van der Waals surface area (Å²) in [6, 6.07) is 16.3. The maximum atomic E-state index is 12.3. The van der Waals surface area contributed by atoms with E-state index < -0.39 is 0 Å². The van der Waals surface area contributed by atoms with Gasteiger partial charge < -0.3 is 15.2 Å². The smallest absolute Gasteiger partial charge is 0.225 e. The summed E-state index contributed by atoms with van der Waals surface area (Å²) in [5.41, 5.74) is 6.02. The van der Waals surface area contributed by atoms with Gasteiger partial charge >= 0.3 is 0 Å². The van der Waals surface area contributed by atoms with Gasteiger partial charge in [-0.1, -0.05) is 12.1 Å². The van der Waals surface area contributed by atoms with E-state index in [9.17, 15) is 4.79 Å². The highest BCUT2D eigenvalue weighted by Gasteiger charge is 2.34. The number of aromatic amines is 1. The molecule has 4 heterocycles. The van der Waals surface area contributed by atoms with Crippen molar-refractivity contribution < 1.29 is 4.79 Å². The average molecular weight is 468 g/mol. The summed E-state index contributed by atoms with van der Waals surface area (Å²) in [7, 11) is 0. The van der Waals surface area contributed by atoms with Gasteiger partial charge in [0, 0.05) is 56.1 Å². The third-order valence-electron chi connectivity index (χ3n) is 6.75. The van der Waals surface area contributed by atoms with Gasteiger partial charge in [0.25, 0.3) is 0 Å². The molecule has 1 aliphatic carbocycles. The summed E-state index contributed by atoms with van der Waals surface area (Å²) >= 11 is 0. The number of hydrogen-bond acceptors (Lipinski definition) is 6. The van der Waals surface area contributed by atoms with Crippen molar-refractivity contribution in [3.05, 3.63) is 66.0 Å². The highest BCUT2D eigenvalue weighted by Crippen LogP contribution is 2.31. The second-order valence-corrected chi connectivity index (χ2v) is 9.53. The van der Waals surface area contributed by atoms with Crippen molar-refractivity contribution in [1.29, 1.82) is 0 Å². The maximum absolute atomic E-state index is 12.3. The van der Waals surface area contributed by atoms with Crippen LogP contribution in [0, 0.1) is 12.8 Å². The first kappa shape index (κ1) is 21.7. The number of carbonyl (C=O) groups is 1. The van der Waals surface area contributed by atoms with Gasteiger partial charge in [0.05, 0.1) is 16.7 Å². The number of aromatic nitrogens is 4. The Labute approximate surface area is 204 Å². The van der Waals surface area contributed by atoms with Gasteiger partial charge in [-0.2, -0.15) is 0 Å². The van der Waals surface area contributed by atoms with Crippen LogP contribution in [0.3, 0.4) is 0 Å². The Morgan fingerprint density at radius 2 is 1.91 bits per heavy atom. The number of fused-ring (bicyclic) bond motifs is 1. The van der Waals surface area contributed by atoms with Crippen LogP contribution in [0.15, 0.2) is 54.7 Å². The largest absolute Gasteiger partial charge is 0.340 e. The molecule has 1 saturated carbocycles. The maximum Gasteiger partial charge on any atom is 0.225 e. The van der Waals surface area contributed by atoms with E-state index in [1.165, 1.54) is 5.56 Å². The minimum atomic E-state index is 0.305. The number of H-pyrrole nitrogens is 1. The number of anilines is 2. The SMILES string of the molecule is Cc1cccc(-c2ccc3nc(Nc4cc(CN5CCN(C(=O)C6CC6)CC5)ccn4)[nH]c3c2)n1. The van der Waals surface area contributed by atoms with E-state index in [1.54, 1.807) is 0 Å². The molecule has 8 heteroatoms. The lowest BCUT2D eigenvalue weighted by Gasteiger charge is -2.34. The summed E-state index contributed by atoms with van der Waals surface area (Å²) in [6.45, 7) is 6.30. The van der Waals surface area contributed by atoms with Crippen molar-refractivity contribution >= 4 is 28.7 Å². The van der Waals surface area contributed by atoms with Crippen molar-refractivity contribution in [1.82, 2.24) is 29.7 Å². The summed E-state index contributed by atoms with van der Waals surface area (Å²) in [4.78, 5) is 33.9. The van der Waals surface area contributed by atoms with Gasteiger partial charge in [-0.3, -0.25) is 14.7 Å². The molecule has 0 spiro atoms. The van der Waals surface area contributed by atoms with Gasteiger partial charge in [0.1, 0.15) is 5.82 Å². The number of hydrogen-bond donors (Lipinski definition) is 2. The Bertz CT molecular complexity index is 1370. The summed E-state index contributed by atoms with van der Waals surface area (Å²) in [5.74, 6) is 2.07. The van der Waals surface area contributed by atoms with Gasteiger partial charge in [0.2, 0.25) is 11.9 Å². The second-order valence-electron chi connectivity index (χ2n) is 9.53. The number of piperazine rings is 1. The topological polar surface area (TPSA) is 90.0 Å². The van der Waals surface area contributed by atoms with E-state index in [-0.39, 0.29) is 0 Å². The number of amides is 1. The Morgan fingerprint density at radius 1 is 1.06 bits per heavy atom. The average Bonchev–Trinajstić information content (AvgIpc) is 3.64. The Hall–Kier alpha value is -3.78. The molecule has 0 atom stereocenters. The molecule has 6 rings (SSSR count). The number of benzene rings is 1. The predicted octanol–water partition coefficient (Wildman–Crippen LogP) is 4.13. The minimum Gasteiger partial charge on any atom is -0.340 e. The Kier molecular flexibility index (Phi) is 5.66. The first-order valence-corrected chi connectivity index (χ1v) is 12.3. The van der Waals surface area contributed by atoms with Crippen LogP contribution in [0.1, 0.15) is 24.1 Å². The quantitative estimate of drug-likeness (QED) is 0.443. The molecule has 2 aliphatic rings. The van der Waals surface area contributed by atoms with Crippen molar-refractivity contribution in [3.8, 4) is 11.3 Å². The zero-order chi connectivity index (χ0) is 23.8. The van der Waals surface area contributed by atoms with Crippen molar-refractivity contribution in [2.45, 2.75) is 26.3 Å². The van der Waals surface area contributed by atoms with Crippen LogP contribution in [0.4, 0.5) is 11.8 Å². The van der Waals surface area contributed by atoms with E-state index in [1.807, 2.05) is 54.4 Å². The van der Waals surface area contributed by atoms with Crippen LogP contribution in [-0.2, 0) is 11.3 Å². The van der Waals surface area contributed by atoms with Crippen LogP contribution in [-0.4, -0.2) is 61.8 Å². The fraction of sp³-hybridized carbons (Fsp3) is 0.333. The fourth-order valence-electron chi connectivity index (χ4n) is 4.67. The molecular formula is C27H29N7O. The van der Waals surface area contributed by atoms with Crippen LogP contribution in [0.5, 0.6) is 0 Å². The van der Waals surface area contributed by atoms with Crippen LogP contribution >= 0.6 is 0 Å². The minimum absolute atomic E-state index is 0.305. The van der Waals surface area contributed by atoms with Gasteiger partial charge in [-0.05, 0) is 61.7 Å². The molecule has 1 aliphatic heterocycles. The van der Waals surface area contributed by atoms with Gasteiger partial charge in [-0.25, -0.2) is 9.97 Å². The first-order chi connectivity index (χ1) is 17.1. The molecule has 3 aromatic heterocycles. The Balaban J connectivity index is 1.11. The van der Waals surface area contributed by atoms with Crippen LogP contribution in [0.25, 0.3) is 22.3 Å². The van der Waals surface area contributed by atoms with Gasteiger partial charge in [0.15, 0.2) is 0 Å². The molecule has 0 unspecified atom stereocenters. The summed E-state index contributed by atoms with van der Waals surface area (Å²) < 4.78 is 0. The number of nitrogens with zero attached hydrogens (tertiary/aromatic N) is 5. The van der Waals surface area contributed by atoms with Crippen molar-refractivity contribution in [2.75, 3.05) is 31.5 Å². The van der Waals surface area contributed by atoms with Crippen molar-refractivity contribution in [3.63, 3.8) is 0 Å². The molecule has 0 radical (unpaired) electrons. The highest BCUT2D eigenvalue weighted by molar-refractivity contribution is 5.83. The zero-order valence-corrected chi connectivity index (χ0v) is 19.9. The number of nitrogens with one attached hydrogen (secondary N) is 2. The second kappa shape index (κ2) is 9.11. The molecule has 8 nitrogen and oxygen atoms in total. The van der Waals surface area contributed by atoms with Crippen LogP contribution < -0.4 is 5.32 Å². The lowest BCUT2D eigenvalue weighted by molar-refractivity contribution is -0.134. The number of imidazole rings is 1. The van der Waals surface area contributed by atoms with Crippen molar-refractivity contribution in [2.24, 2.45) is 5.92 Å². The molecular weight excluding hydrogens is 438 g/mol. The lowest BCUT2D eigenvalue weighted by atomic mass is 10.1. The third-order valence-corrected chi connectivity index (χ3v) is 6.75. The number of aryl methyl sites for hydroxylation is 1. The van der Waals surface area contributed by atoms with E-state index >= 15 is 0 Å². The summed E-state index contributed by atoms with van der Waals surface area (Å²) in [5, 5.41) is 3.32. The predicted molar refractivity (Wildman–Crippen MR) is 136 cm³/mol.